The van der Waals surface area contributed by atoms with Crippen LogP contribution >= 0.6 is 0 Å². The van der Waals surface area contributed by atoms with Crippen LogP contribution in [0.15, 0.2) is 12.3 Å². The molecule has 1 atom stereocenters. The van der Waals surface area contributed by atoms with E-state index in [4.69, 9.17) is 10.8 Å². The number of nitrogens with two attached hydrogens (primary N) is 1. The van der Waals surface area contributed by atoms with Gasteiger partial charge in [-0.2, -0.15) is 10.1 Å². The van der Waals surface area contributed by atoms with Gasteiger partial charge in [-0.05, 0) is 13.3 Å². The van der Waals surface area contributed by atoms with Gasteiger partial charge < -0.3 is 20.6 Å². The third kappa shape index (κ3) is 2.97. The molecule has 1 amide bonds. The number of amides is 1. The lowest BCUT2D eigenvalue weighted by molar-refractivity contribution is 0.142. The average molecular weight is 331 g/mol. The fourth-order valence-electron chi connectivity index (χ4n) is 3.03. The quantitative estimate of drug-likeness (QED) is 0.861. The highest BCUT2D eigenvalue weighted by Gasteiger charge is 2.29. The maximum atomic E-state index is 11.1. The first-order valence-electron chi connectivity index (χ1n) is 7.71. The maximum absolute atomic E-state index is 11.1. The summed E-state index contributed by atoms with van der Waals surface area (Å²) in [7, 11) is 3.45. The maximum Gasteiger partial charge on any atom is 0.407 e. The lowest BCUT2D eigenvalue weighted by Gasteiger charge is -2.22. The molecule has 2 aromatic rings. The van der Waals surface area contributed by atoms with Gasteiger partial charge in [-0.15, -0.1) is 0 Å². The molecule has 1 saturated heterocycles. The average Bonchev–Trinajstić information content (AvgIpc) is 3.12. The minimum Gasteiger partial charge on any atom is -0.465 e. The van der Waals surface area contributed by atoms with Gasteiger partial charge in [0.2, 0.25) is 5.95 Å². The molecule has 0 bridgehead atoms. The molecule has 3 rings (SSSR count). The molecular weight excluding hydrogens is 310 g/mol. The van der Waals surface area contributed by atoms with Crippen LogP contribution in [0, 0.1) is 6.92 Å². The van der Waals surface area contributed by atoms with E-state index in [0.717, 1.165) is 29.9 Å². The number of likely N-dealkylation sites (N-methyl/N-ethyl adjacent to an activating group) is 1. The number of anilines is 2. The van der Waals surface area contributed by atoms with Crippen molar-refractivity contribution in [1.82, 2.24) is 24.6 Å². The zero-order valence-electron chi connectivity index (χ0n) is 14.0. The largest absolute Gasteiger partial charge is 0.465 e. The van der Waals surface area contributed by atoms with E-state index in [1.165, 1.54) is 4.90 Å². The predicted molar refractivity (Wildman–Crippen MR) is 89.8 cm³/mol. The number of aromatic nitrogens is 4. The minimum atomic E-state index is -0.921. The summed E-state index contributed by atoms with van der Waals surface area (Å²) >= 11 is 0. The molecule has 2 aromatic heterocycles. The first-order chi connectivity index (χ1) is 11.3. The summed E-state index contributed by atoms with van der Waals surface area (Å²) in [6, 6.07) is 1.83. The first-order valence-corrected chi connectivity index (χ1v) is 7.71. The number of carbonyl (C=O) groups is 1. The number of nitrogen functional groups attached to an aromatic ring is 1. The Morgan fingerprint density at radius 3 is 2.83 bits per heavy atom. The van der Waals surface area contributed by atoms with Crippen LogP contribution in [0.5, 0.6) is 0 Å². The fourth-order valence-corrected chi connectivity index (χ4v) is 3.03. The van der Waals surface area contributed by atoms with Crippen LogP contribution in [-0.4, -0.2) is 62.0 Å². The van der Waals surface area contributed by atoms with Crippen molar-refractivity contribution in [1.29, 1.82) is 0 Å². The molecule has 0 spiro atoms. The van der Waals surface area contributed by atoms with Crippen molar-refractivity contribution in [3.05, 3.63) is 18.0 Å². The Morgan fingerprint density at radius 1 is 1.46 bits per heavy atom. The molecule has 1 fully saturated rings. The van der Waals surface area contributed by atoms with Gasteiger partial charge in [0.15, 0.2) is 0 Å². The molecule has 9 heteroatoms. The summed E-state index contributed by atoms with van der Waals surface area (Å²) in [5.41, 5.74) is 8.38. The van der Waals surface area contributed by atoms with Crippen LogP contribution in [0.2, 0.25) is 0 Å². The van der Waals surface area contributed by atoms with Crippen LogP contribution in [-0.2, 0) is 7.05 Å². The van der Waals surface area contributed by atoms with Gasteiger partial charge >= 0.3 is 6.09 Å². The summed E-state index contributed by atoms with van der Waals surface area (Å²) < 4.78 is 1.73. The van der Waals surface area contributed by atoms with Gasteiger partial charge in [-0.25, -0.2) is 9.78 Å². The first kappa shape index (κ1) is 16.0. The molecule has 9 nitrogen and oxygen atoms in total. The Balaban J connectivity index is 1.88. The lowest BCUT2D eigenvalue weighted by atomic mass is 10.2. The topological polar surface area (TPSA) is 113 Å². The summed E-state index contributed by atoms with van der Waals surface area (Å²) in [5.74, 6) is 0.905. The van der Waals surface area contributed by atoms with Crippen LogP contribution in [0.4, 0.5) is 16.6 Å². The van der Waals surface area contributed by atoms with Crippen molar-refractivity contribution in [3.63, 3.8) is 0 Å². The van der Waals surface area contributed by atoms with Crippen LogP contribution in [0.3, 0.4) is 0 Å². The highest BCUT2D eigenvalue weighted by atomic mass is 16.4. The summed E-state index contributed by atoms with van der Waals surface area (Å²) in [5, 5.41) is 13.5. The van der Waals surface area contributed by atoms with Gasteiger partial charge in [0.1, 0.15) is 5.82 Å². The SMILES string of the molecule is Cc1nn(C)cc1-c1cc(N2CC[C@@H](N(C)C(=O)O)C2)nc(N)n1. The molecule has 1 aliphatic rings. The molecule has 0 saturated carbocycles. The molecule has 0 unspecified atom stereocenters. The van der Waals surface area contributed by atoms with Crippen LogP contribution < -0.4 is 10.6 Å². The number of rotatable bonds is 3. The zero-order chi connectivity index (χ0) is 17.4. The van der Waals surface area contributed by atoms with E-state index < -0.39 is 6.09 Å². The van der Waals surface area contributed by atoms with E-state index in [0.29, 0.717) is 12.4 Å². The van der Waals surface area contributed by atoms with Crippen molar-refractivity contribution >= 4 is 17.9 Å². The monoisotopic (exact) mass is 331 g/mol. The normalized spacial score (nSPS) is 17.3. The summed E-state index contributed by atoms with van der Waals surface area (Å²) in [6.45, 7) is 3.23. The van der Waals surface area contributed by atoms with Gasteiger partial charge in [0, 0.05) is 45.0 Å². The Bertz CT molecular complexity index is 773. The van der Waals surface area contributed by atoms with Gasteiger partial charge in [-0.3, -0.25) is 4.68 Å². The second kappa shape index (κ2) is 5.99. The lowest BCUT2D eigenvalue weighted by Crippen LogP contribution is -2.38. The van der Waals surface area contributed by atoms with Crippen molar-refractivity contribution in [2.24, 2.45) is 7.05 Å². The van der Waals surface area contributed by atoms with E-state index in [1.807, 2.05) is 31.1 Å². The number of nitrogens with zero attached hydrogens (tertiary/aromatic N) is 6. The fraction of sp³-hybridized carbons (Fsp3) is 0.467. The number of hydrogen-bond donors (Lipinski definition) is 2. The van der Waals surface area contributed by atoms with Crippen LogP contribution in [0.25, 0.3) is 11.3 Å². The van der Waals surface area contributed by atoms with Crippen LogP contribution in [0.1, 0.15) is 12.1 Å². The Labute approximate surface area is 139 Å². The van der Waals surface area contributed by atoms with E-state index in [1.54, 1.807) is 11.7 Å². The standard InChI is InChI=1S/C15H21N7O2/c1-9-11(8-20(2)19-9)12-6-13(18-14(16)17-12)22-5-4-10(7-22)21(3)15(23)24/h6,8,10H,4-5,7H2,1-3H3,(H,23,24)(H2,16,17,18)/t10-/m1/s1. The molecule has 24 heavy (non-hydrogen) atoms. The van der Waals surface area contributed by atoms with E-state index >= 15 is 0 Å². The van der Waals surface area contributed by atoms with Crippen molar-refractivity contribution in [2.45, 2.75) is 19.4 Å². The molecule has 0 aliphatic carbocycles. The van der Waals surface area contributed by atoms with Gasteiger partial charge in [0.05, 0.1) is 17.4 Å². The summed E-state index contributed by atoms with van der Waals surface area (Å²) in [4.78, 5) is 23.1. The Kier molecular flexibility index (Phi) is 4.00. The van der Waals surface area contributed by atoms with Crippen molar-refractivity contribution < 1.29 is 9.90 Å². The second-order valence-corrected chi connectivity index (χ2v) is 6.05. The third-order valence-electron chi connectivity index (χ3n) is 4.36. The van der Waals surface area contributed by atoms with Gasteiger partial charge in [0.25, 0.3) is 0 Å². The minimum absolute atomic E-state index is 0.0535. The predicted octanol–water partition coefficient (Wildman–Crippen LogP) is 0.956. The van der Waals surface area contributed by atoms with Crippen molar-refractivity contribution in [2.75, 3.05) is 30.8 Å². The van der Waals surface area contributed by atoms with E-state index in [9.17, 15) is 4.79 Å². The molecule has 0 radical (unpaired) electrons. The highest BCUT2D eigenvalue weighted by molar-refractivity contribution is 5.67. The van der Waals surface area contributed by atoms with Gasteiger partial charge in [-0.1, -0.05) is 0 Å². The molecule has 0 aromatic carbocycles. The second-order valence-electron chi connectivity index (χ2n) is 6.05. The summed E-state index contributed by atoms with van der Waals surface area (Å²) in [6.07, 6.45) is 1.73. The third-order valence-corrected chi connectivity index (χ3v) is 4.36. The van der Waals surface area contributed by atoms with Crippen molar-refractivity contribution in [3.8, 4) is 11.3 Å². The zero-order valence-corrected chi connectivity index (χ0v) is 14.0. The number of hydrogen-bond acceptors (Lipinski definition) is 6. The molecule has 3 heterocycles. The molecular formula is C15H21N7O2. The molecule has 3 N–H and O–H groups in total. The Hall–Kier alpha value is -2.84. The number of carboxylic acid groups (broad SMARTS) is 1. The van der Waals surface area contributed by atoms with E-state index in [2.05, 4.69) is 15.1 Å². The highest BCUT2D eigenvalue weighted by Crippen LogP contribution is 2.27. The smallest absolute Gasteiger partial charge is 0.407 e. The molecule has 128 valence electrons. The number of aryl methyl sites for hydroxylation is 2. The Morgan fingerprint density at radius 2 is 2.21 bits per heavy atom. The van der Waals surface area contributed by atoms with E-state index in [-0.39, 0.29) is 12.0 Å². The molecule has 1 aliphatic heterocycles.